The Morgan fingerprint density at radius 2 is 1.89 bits per heavy atom. The van der Waals surface area contributed by atoms with Crippen LogP contribution in [-0.4, -0.2) is 63.8 Å². The van der Waals surface area contributed by atoms with Gasteiger partial charge in [-0.1, -0.05) is 0 Å². The molecule has 1 amide bonds. The number of benzene rings is 1. The van der Waals surface area contributed by atoms with Crippen molar-refractivity contribution in [3.05, 3.63) is 29.6 Å². The second-order valence-corrected chi connectivity index (χ2v) is 9.70. The highest BCUT2D eigenvalue weighted by atomic mass is 32.2. The van der Waals surface area contributed by atoms with Gasteiger partial charge in [0.25, 0.3) is 0 Å². The zero-order chi connectivity index (χ0) is 19.8. The zero-order valence-electron chi connectivity index (χ0n) is 16.1. The Bertz CT molecular complexity index is 806. The number of nitrogens with one attached hydrogen (secondary N) is 1. The first kappa shape index (κ1) is 20.2. The van der Waals surface area contributed by atoms with Crippen LogP contribution in [-0.2, 0) is 14.8 Å². The summed E-state index contributed by atoms with van der Waals surface area (Å²) in [4.78, 5) is 14.8. The van der Waals surface area contributed by atoms with Crippen LogP contribution in [0.15, 0.2) is 23.1 Å². The van der Waals surface area contributed by atoms with Gasteiger partial charge < -0.3 is 10.2 Å². The summed E-state index contributed by atoms with van der Waals surface area (Å²) in [6, 6.07) is 3.85. The van der Waals surface area contributed by atoms with Crippen LogP contribution in [0.5, 0.6) is 0 Å². The molecular formula is C19H28FN3O3S. The van der Waals surface area contributed by atoms with E-state index >= 15 is 0 Å². The Hall–Kier alpha value is -1.51. The van der Waals surface area contributed by atoms with Crippen LogP contribution in [0.1, 0.15) is 18.4 Å². The molecule has 0 bridgehead atoms. The summed E-state index contributed by atoms with van der Waals surface area (Å²) in [5, 5.41) is 2.69. The predicted octanol–water partition coefficient (Wildman–Crippen LogP) is 1.46. The van der Waals surface area contributed by atoms with Crippen molar-refractivity contribution in [2.45, 2.75) is 24.7 Å². The third kappa shape index (κ3) is 4.02. The number of rotatable bonds is 4. The molecule has 1 aromatic carbocycles. The molecule has 8 heteroatoms. The smallest absolute Gasteiger partial charge is 0.243 e. The van der Waals surface area contributed by atoms with Crippen molar-refractivity contribution in [3.63, 3.8) is 0 Å². The van der Waals surface area contributed by atoms with Gasteiger partial charge in [0.05, 0.1) is 10.8 Å². The fourth-order valence-corrected chi connectivity index (χ4v) is 5.90. The van der Waals surface area contributed by atoms with Gasteiger partial charge in [0.15, 0.2) is 0 Å². The molecule has 0 spiro atoms. The van der Waals surface area contributed by atoms with Gasteiger partial charge in [-0.3, -0.25) is 4.79 Å². The molecule has 0 aliphatic carbocycles. The first-order valence-corrected chi connectivity index (χ1v) is 10.8. The van der Waals surface area contributed by atoms with Gasteiger partial charge in [-0.05, 0) is 75.5 Å². The Kier molecular flexibility index (Phi) is 5.88. The third-order valence-corrected chi connectivity index (χ3v) is 7.88. The standard InChI is InChI=1S/C19H28FN3O3S/c1-13-10-15(4-5-18(13)20)27(25,26)23-11-16(17(12-23)19(24)21-2)14-6-8-22(3)9-7-14/h4-5,10,14,16-17H,6-9,11-12H2,1-3H3,(H,21,24)/t16-,17+/m0/s1. The first-order chi connectivity index (χ1) is 12.7. The van der Waals surface area contributed by atoms with Crippen LogP contribution in [0.2, 0.25) is 0 Å². The quantitative estimate of drug-likeness (QED) is 0.835. The van der Waals surface area contributed by atoms with E-state index in [9.17, 15) is 17.6 Å². The van der Waals surface area contributed by atoms with Crippen molar-refractivity contribution in [1.29, 1.82) is 0 Å². The van der Waals surface area contributed by atoms with Crippen LogP contribution in [0.4, 0.5) is 4.39 Å². The second kappa shape index (κ2) is 7.85. The van der Waals surface area contributed by atoms with E-state index in [2.05, 4.69) is 17.3 Å². The van der Waals surface area contributed by atoms with Crippen LogP contribution in [0, 0.1) is 30.5 Å². The number of aryl methyl sites for hydroxylation is 1. The molecule has 2 aliphatic heterocycles. The number of carbonyl (C=O) groups is 1. The summed E-state index contributed by atoms with van der Waals surface area (Å²) >= 11 is 0. The minimum absolute atomic E-state index is 0.00923. The molecule has 150 valence electrons. The topological polar surface area (TPSA) is 69.7 Å². The summed E-state index contributed by atoms with van der Waals surface area (Å²) in [6.45, 7) is 3.99. The van der Waals surface area contributed by atoms with Crippen LogP contribution < -0.4 is 5.32 Å². The van der Waals surface area contributed by atoms with Gasteiger partial charge in [0, 0.05) is 20.1 Å². The largest absolute Gasteiger partial charge is 0.359 e. The average Bonchev–Trinajstić information content (AvgIpc) is 3.10. The number of carbonyl (C=O) groups excluding carboxylic acids is 1. The fourth-order valence-electron chi connectivity index (χ4n) is 4.31. The highest BCUT2D eigenvalue weighted by molar-refractivity contribution is 7.89. The molecule has 2 saturated heterocycles. The van der Waals surface area contributed by atoms with E-state index in [0.29, 0.717) is 18.0 Å². The van der Waals surface area contributed by atoms with E-state index < -0.39 is 15.8 Å². The Morgan fingerprint density at radius 3 is 2.48 bits per heavy atom. The monoisotopic (exact) mass is 397 g/mol. The van der Waals surface area contributed by atoms with E-state index in [0.717, 1.165) is 25.9 Å². The average molecular weight is 398 g/mol. The molecule has 2 aliphatic rings. The van der Waals surface area contributed by atoms with E-state index in [1.807, 2.05) is 0 Å². The van der Waals surface area contributed by atoms with Crippen LogP contribution in [0.25, 0.3) is 0 Å². The minimum atomic E-state index is -3.76. The maximum absolute atomic E-state index is 13.5. The number of halogens is 1. The van der Waals surface area contributed by atoms with E-state index in [1.165, 1.54) is 22.5 Å². The predicted molar refractivity (Wildman–Crippen MR) is 101 cm³/mol. The summed E-state index contributed by atoms with van der Waals surface area (Å²) in [5.41, 5.74) is 0.296. The summed E-state index contributed by atoms with van der Waals surface area (Å²) in [6.07, 6.45) is 1.94. The SMILES string of the molecule is CNC(=O)[C@@H]1CN(S(=O)(=O)c2ccc(F)c(C)c2)C[C@H]1C1CCN(C)CC1. The van der Waals surface area contributed by atoms with Crippen molar-refractivity contribution in [2.24, 2.45) is 17.8 Å². The highest BCUT2D eigenvalue weighted by Crippen LogP contribution is 2.38. The molecule has 6 nitrogen and oxygen atoms in total. The van der Waals surface area contributed by atoms with Gasteiger partial charge in [-0.25, -0.2) is 12.8 Å². The van der Waals surface area contributed by atoms with Gasteiger partial charge in [-0.15, -0.1) is 0 Å². The lowest BCUT2D eigenvalue weighted by atomic mass is 9.78. The molecule has 2 fully saturated rings. The number of likely N-dealkylation sites (tertiary alicyclic amines) is 1. The van der Waals surface area contributed by atoms with Gasteiger partial charge in [0.2, 0.25) is 15.9 Å². The van der Waals surface area contributed by atoms with Crippen molar-refractivity contribution in [3.8, 4) is 0 Å². The lowest BCUT2D eigenvalue weighted by Crippen LogP contribution is -2.39. The normalized spacial score (nSPS) is 25.6. The number of hydrogen-bond acceptors (Lipinski definition) is 4. The second-order valence-electron chi connectivity index (χ2n) is 7.76. The lowest BCUT2D eigenvalue weighted by molar-refractivity contribution is -0.125. The van der Waals surface area contributed by atoms with Crippen molar-refractivity contribution in [1.82, 2.24) is 14.5 Å². The molecule has 3 rings (SSSR count). The molecule has 0 aromatic heterocycles. The summed E-state index contributed by atoms with van der Waals surface area (Å²) in [5.74, 6) is -0.539. The van der Waals surface area contributed by atoms with Crippen LogP contribution >= 0.6 is 0 Å². The lowest BCUT2D eigenvalue weighted by Gasteiger charge is -2.34. The number of sulfonamides is 1. The molecule has 0 radical (unpaired) electrons. The minimum Gasteiger partial charge on any atom is -0.359 e. The Labute approximate surface area is 160 Å². The molecule has 2 atom stereocenters. The molecule has 1 aromatic rings. The maximum Gasteiger partial charge on any atom is 0.243 e. The van der Waals surface area contributed by atoms with E-state index in [4.69, 9.17) is 0 Å². The highest BCUT2D eigenvalue weighted by Gasteiger charge is 2.46. The molecule has 0 unspecified atom stereocenters. The van der Waals surface area contributed by atoms with E-state index in [-0.39, 0.29) is 29.2 Å². The number of amides is 1. The first-order valence-electron chi connectivity index (χ1n) is 9.40. The Morgan fingerprint density at radius 1 is 1.22 bits per heavy atom. The van der Waals surface area contributed by atoms with E-state index in [1.54, 1.807) is 14.0 Å². The molecule has 0 saturated carbocycles. The fraction of sp³-hybridized carbons (Fsp3) is 0.632. The molecule has 27 heavy (non-hydrogen) atoms. The van der Waals surface area contributed by atoms with Gasteiger partial charge in [0.1, 0.15) is 5.82 Å². The zero-order valence-corrected chi connectivity index (χ0v) is 16.9. The number of piperidine rings is 1. The van der Waals surface area contributed by atoms with Gasteiger partial charge in [-0.2, -0.15) is 4.31 Å². The van der Waals surface area contributed by atoms with Gasteiger partial charge >= 0.3 is 0 Å². The van der Waals surface area contributed by atoms with Crippen molar-refractivity contribution in [2.75, 3.05) is 40.3 Å². The number of nitrogens with zero attached hydrogens (tertiary/aromatic N) is 2. The molecule has 1 N–H and O–H groups in total. The summed E-state index contributed by atoms with van der Waals surface area (Å²) < 4.78 is 41.2. The third-order valence-electron chi connectivity index (χ3n) is 6.05. The van der Waals surface area contributed by atoms with Crippen molar-refractivity contribution >= 4 is 15.9 Å². The molecular weight excluding hydrogens is 369 g/mol. The molecule has 2 heterocycles. The summed E-state index contributed by atoms with van der Waals surface area (Å²) in [7, 11) is -0.0888. The van der Waals surface area contributed by atoms with Crippen LogP contribution in [0.3, 0.4) is 0 Å². The number of hydrogen-bond donors (Lipinski definition) is 1. The van der Waals surface area contributed by atoms with Crippen molar-refractivity contribution < 1.29 is 17.6 Å². The maximum atomic E-state index is 13.5. The Balaban J connectivity index is 1.86.